The lowest BCUT2D eigenvalue weighted by atomic mass is 10.0. The van der Waals surface area contributed by atoms with E-state index in [2.05, 4.69) is 28.2 Å². The predicted molar refractivity (Wildman–Crippen MR) is 112 cm³/mol. The molecule has 3 atom stereocenters. The molecule has 0 saturated carbocycles. The van der Waals surface area contributed by atoms with Crippen molar-refractivity contribution in [2.24, 2.45) is 5.73 Å². The van der Waals surface area contributed by atoms with Crippen molar-refractivity contribution < 1.29 is 29.4 Å². The first-order chi connectivity index (χ1) is 14.2. The van der Waals surface area contributed by atoms with Crippen molar-refractivity contribution in [2.45, 2.75) is 37.4 Å². The molecule has 0 aliphatic heterocycles. The minimum Gasteiger partial charge on any atom is -0.481 e. The number of fused-ring (bicyclic) bond motifs is 1. The van der Waals surface area contributed by atoms with Gasteiger partial charge in [-0.3, -0.25) is 14.4 Å². The Morgan fingerprint density at radius 2 is 1.73 bits per heavy atom. The number of nitrogens with two attached hydrogens (primary N) is 1. The molecule has 10 nitrogen and oxygen atoms in total. The molecule has 30 heavy (non-hydrogen) atoms. The lowest BCUT2D eigenvalue weighted by Crippen LogP contribution is -2.55. The number of hydrogen-bond donors (Lipinski definition) is 7. The maximum atomic E-state index is 12.5. The molecule has 1 aromatic carbocycles. The van der Waals surface area contributed by atoms with Crippen LogP contribution in [0.3, 0.4) is 0 Å². The van der Waals surface area contributed by atoms with E-state index in [0.29, 0.717) is 0 Å². The molecular weight excluding hydrogens is 412 g/mol. The molecule has 0 aliphatic rings. The van der Waals surface area contributed by atoms with E-state index >= 15 is 0 Å². The molecule has 2 rings (SSSR count). The van der Waals surface area contributed by atoms with Gasteiger partial charge in [-0.25, -0.2) is 4.79 Å². The van der Waals surface area contributed by atoms with E-state index in [-0.39, 0.29) is 18.6 Å². The molecule has 2 aromatic rings. The minimum absolute atomic E-state index is 0.166. The van der Waals surface area contributed by atoms with Gasteiger partial charge < -0.3 is 31.6 Å². The first kappa shape index (κ1) is 23.2. The summed E-state index contributed by atoms with van der Waals surface area (Å²) in [5.74, 6) is -4.08. The summed E-state index contributed by atoms with van der Waals surface area (Å²) in [5, 5.41) is 23.5. The molecular formula is C19H24N4O6S. The van der Waals surface area contributed by atoms with Crippen molar-refractivity contribution in [3.05, 3.63) is 36.0 Å². The first-order valence-electron chi connectivity index (χ1n) is 9.19. The SMILES string of the molecule is N[C@@H](Cc1c[nH]c2ccccc12)C(=O)N[C@@H](CCC(=O)O)C(=O)N[C@@H](CS)C(=O)O. The molecule has 0 unspecified atom stereocenters. The summed E-state index contributed by atoms with van der Waals surface area (Å²) in [6.45, 7) is 0. The number of carboxylic acids is 2. The van der Waals surface area contributed by atoms with Crippen LogP contribution in [-0.2, 0) is 25.6 Å². The highest BCUT2D eigenvalue weighted by Crippen LogP contribution is 2.18. The van der Waals surface area contributed by atoms with Crippen LogP contribution in [0.25, 0.3) is 10.9 Å². The summed E-state index contributed by atoms with van der Waals surface area (Å²) < 4.78 is 0. The van der Waals surface area contributed by atoms with E-state index in [0.717, 1.165) is 16.5 Å². The second kappa shape index (κ2) is 10.6. The number of thiol groups is 1. The van der Waals surface area contributed by atoms with Gasteiger partial charge in [-0.15, -0.1) is 0 Å². The number of nitrogens with one attached hydrogen (secondary N) is 3. The average Bonchev–Trinajstić information content (AvgIpc) is 3.11. The summed E-state index contributed by atoms with van der Waals surface area (Å²) in [4.78, 5) is 50.0. The number of aromatic nitrogens is 1. The molecule has 0 fully saturated rings. The third kappa shape index (κ3) is 6.22. The number of amides is 2. The van der Waals surface area contributed by atoms with E-state index in [1.165, 1.54) is 0 Å². The lowest BCUT2D eigenvalue weighted by molar-refractivity contribution is -0.142. The highest BCUT2D eigenvalue weighted by molar-refractivity contribution is 7.80. The van der Waals surface area contributed by atoms with Gasteiger partial charge in [-0.2, -0.15) is 12.6 Å². The fourth-order valence-electron chi connectivity index (χ4n) is 2.90. The Morgan fingerprint density at radius 1 is 1.07 bits per heavy atom. The highest BCUT2D eigenvalue weighted by atomic mass is 32.1. The van der Waals surface area contributed by atoms with Crippen LogP contribution in [0.15, 0.2) is 30.5 Å². The number of benzene rings is 1. The van der Waals surface area contributed by atoms with Gasteiger partial charge in [0.05, 0.1) is 6.04 Å². The largest absolute Gasteiger partial charge is 0.481 e. The zero-order chi connectivity index (χ0) is 22.3. The summed E-state index contributed by atoms with van der Waals surface area (Å²) in [5.41, 5.74) is 7.71. The molecule has 0 saturated heterocycles. The number of H-pyrrole nitrogens is 1. The molecule has 0 spiro atoms. The minimum atomic E-state index is -1.29. The van der Waals surface area contributed by atoms with Crippen LogP contribution in [0.4, 0.5) is 0 Å². The third-order valence-electron chi connectivity index (χ3n) is 4.53. The van der Waals surface area contributed by atoms with E-state index in [9.17, 15) is 19.2 Å². The number of carboxylic acid groups (broad SMARTS) is 2. The van der Waals surface area contributed by atoms with E-state index in [1.807, 2.05) is 24.3 Å². The molecule has 0 bridgehead atoms. The molecule has 1 heterocycles. The molecule has 162 valence electrons. The van der Waals surface area contributed by atoms with Crippen LogP contribution in [-0.4, -0.2) is 62.8 Å². The normalized spacial score (nSPS) is 13.9. The van der Waals surface area contributed by atoms with Crippen LogP contribution >= 0.6 is 12.6 Å². The second-order valence-electron chi connectivity index (χ2n) is 6.75. The third-order valence-corrected chi connectivity index (χ3v) is 4.89. The quantitative estimate of drug-likeness (QED) is 0.240. The van der Waals surface area contributed by atoms with Crippen LogP contribution in [0, 0.1) is 0 Å². The molecule has 2 amide bonds. The standard InChI is InChI=1S/C19H24N4O6S/c20-12(7-10-8-21-13-4-2-1-3-11(10)13)17(26)22-14(5-6-16(24)25)18(27)23-15(9-30)19(28)29/h1-4,8,12,14-15,21,30H,5-7,9,20H2,(H,22,26)(H,23,27)(H,24,25)(H,28,29)/t12-,14-,15-/m0/s1. The van der Waals surface area contributed by atoms with Crippen LogP contribution < -0.4 is 16.4 Å². The van der Waals surface area contributed by atoms with Crippen molar-refractivity contribution in [3.8, 4) is 0 Å². The van der Waals surface area contributed by atoms with Gasteiger partial charge in [0.1, 0.15) is 12.1 Å². The zero-order valence-electron chi connectivity index (χ0n) is 16.0. The van der Waals surface area contributed by atoms with Crippen LogP contribution in [0.1, 0.15) is 18.4 Å². The second-order valence-corrected chi connectivity index (χ2v) is 7.11. The summed E-state index contributed by atoms with van der Waals surface area (Å²) in [6, 6.07) is 3.99. The fraction of sp³-hybridized carbons (Fsp3) is 0.368. The number of carbonyl (C=O) groups is 4. The highest BCUT2D eigenvalue weighted by Gasteiger charge is 2.28. The lowest BCUT2D eigenvalue weighted by Gasteiger charge is -2.22. The molecule has 0 aliphatic carbocycles. The summed E-state index contributed by atoms with van der Waals surface area (Å²) in [6.07, 6.45) is 1.33. The maximum absolute atomic E-state index is 12.5. The molecule has 7 N–H and O–H groups in total. The summed E-state index contributed by atoms with van der Waals surface area (Å²) >= 11 is 3.86. The van der Waals surface area contributed by atoms with Gasteiger partial charge in [0.25, 0.3) is 0 Å². The Morgan fingerprint density at radius 3 is 2.37 bits per heavy atom. The van der Waals surface area contributed by atoms with E-state index < -0.39 is 48.3 Å². The van der Waals surface area contributed by atoms with E-state index in [4.69, 9.17) is 15.9 Å². The van der Waals surface area contributed by atoms with Gasteiger partial charge in [0, 0.05) is 29.3 Å². The van der Waals surface area contributed by atoms with Gasteiger partial charge in [0.15, 0.2) is 0 Å². The number of hydrogen-bond acceptors (Lipinski definition) is 6. The van der Waals surface area contributed by atoms with Gasteiger partial charge in [-0.1, -0.05) is 18.2 Å². The molecule has 1 aromatic heterocycles. The van der Waals surface area contributed by atoms with E-state index in [1.54, 1.807) is 6.20 Å². The summed E-state index contributed by atoms with van der Waals surface area (Å²) in [7, 11) is 0. The fourth-order valence-corrected chi connectivity index (χ4v) is 3.15. The van der Waals surface area contributed by atoms with Crippen molar-refractivity contribution in [2.75, 3.05) is 5.75 Å². The monoisotopic (exact) mass is 436 g/mol. The Kier molecular flexibility index (Phi) is 8.25. The first-order valence-corrected chi connectivity index (χ1v) is 9.83. The number of aliphatic carboxylic acids is 2. The van der Waals surface area contributed by atoms with Crippen molar-refractivity contribution in [1.82, 2.24) is 15.6 Å². The van der Waals surface area contributed by atoms with Crippen LogP contribution in [0.2, 0.25) is 0 Å². The van der Waals surface area contributed by atoms with Gasteiger partial charge in [-0.05, 0) is 24.5 Å². The van der Waals surface area contributed by atoms with Gasteiger partial charge in [0.2, 0.25) is 11.8 Å². The van der Waals surface area contributed by atoms with Crippen molar-refractivity contribution in [1.29, 1.82) is 0 Å². The smallest absolute Gasteiger partial charge is 0.327 e. The Hall–Kier alpha value is -3.05. The average molecular weight is 436 g/mol. The Bertz CT molecular complexity index is 931. The zero-order valence-corrected chi connectivity index (χ0v) is 16.9. The van der Waals surface area contributed by atoms with Crippen molar-refractivity contribution in [3.63, 3.8) is 0 Å². The topological polar surface area (TPSA) is 175 Å². The maximum Gasteiger partial charge on any atom is 0.327 e. The molecule has 11 heteroatoms. The van der Waals surface area contributed by atoms with Crippen molar-refractivity contribution >= 4 is 47.3 Å². The number of aromatic amines is 1. The number of para-hydroxylation sites is 1. The van der Waals surface area contributed by atoms with Gasteiger partial charge >= 0.3 is 11.9 Å². The number of carbonyl (C=O) groups excluding carboxylic acids is 2. The number of rotatable bonds is 11. The molecule has 0 radical (unpaired) electrons. The Balaban J connectivity index is 2.07. The predicted octanol–water partition coefficient (Wildman–Crippen LogP) is -0.113. The van der Waals surface area contributed by atoms with Crippen LogP contribution in [0.5, 0.6) is 0 Å². The Labute approximate surface area is 177 Å².